The highest BCUT2D eigenvalue weighted by Crippen LogP contribution is 2.31. The quantitative estimate of drug-likeness (QED) is 0.902. The van der Waals surface area contributed by atoms with Gasteiger partial charge < -0.3 is 11.1 Å². The van der Waals surface area contributed by atoms with E-state index in [0.29, 0.717) is 22.4 Å². The molecule has 1 atom stereocenters. The average Bonchev–Trinajstić information content (AvgIpc) is 2.73. The van der Waals surface area contributed by atoms with E-state index >= 15 is 0 Å². The Kier molecular flexibility index (Phi) is 4.08. The van der Waals surface area contributed by atoms with Crippen LogP contribution in [0.4, 0.5) is 5.69 Å². The molecule has 2 rings (SSSR count). The number of carbonyl (C=O) groups is 1. The van der Waals surface area contributed by atoms with E-state index < -0.39 is 0 Å². The molecule has 0 saturated heterocycles. The van der Waals surface area contributed by atoms with Crippen LogP contribution in [0.3, 0.4) is 0 Å². The van der Waals surface area contributed by atoms with Gasteiger partial charge in [0, 0.05) is 23.4 Å². The normalized spacial score (nSPS) is 12.6. The highest BCUT2D eigenvalue weighted by Gasteiger charge is 2.16. The number of hydrogen-bond acceptors (Lipinski definition) is 5. The third-order valence-electron chi connectivity index (χ3n) is 2.66. The minimum absolute atomic E-state index is 0.114. The molecule has 3 N–H and O–H groups in total. The molecule has 2 aromatic heterocycles. The van der Waals surface area contributed by atoms with Crippen molar-refractivity contribution in [3.63, 3.8) is 0 Å². The lowest BCUT2D eigenvalue weighted by molar-refractivity contribution is 0.0959. The van der Waals surface area contributed by atoms with Gasteiger partial charge in [0.25, 0.3) is 5.91 Å². The van der Waals surface area contributed by atoms with Gasteiger partial charge in [-0.15, -0.1) is 11.3 Å². The number of nitrogen functional groups attached to an aromatic ring is 1. The fraction of sp³-hybridized carbons (Fsp3) is 0.333. The number of nitrogens with zero attached hydrogens (tertiary/aromatic N) is 1. The molecule has 0 radical (unpaired) electrons. The number of nitrogens with one attached hydrogen (secondary N) is 1. The second kappa shape index (κ2) is 5.58. The smallest absolute Gasteiger partial charge is 0.263 e. The van der Waals surface area contributed by atoms with Gasteiger partial charge in [0.15, 0.2) is 0 Å². The van der Waals surface area contributed by atoms with Gasteiger partial charge in [-0.25, -0.2) is 4.98 Å². The van der Waals surface area contributed by atoms with Crippen molar-refractivity contribution < 1.29 is 4.79 Å². The van der Waals surface area contributed by atoms with E-state index in [1.54, 1.807) is 18.0 Å². The first-order valence-electron chi connectivity index (χ1n) is 5.57. The highest BCUT2D eigenvalue weighted by molar-refractivity contribution is 7.99. The molecule has 1 amide bonds. The SMILES string of the molecule is CSC(C)CNC(=O)c1sc2ncccc2c1N. The van der Waals surface area contributed by atoms with Crippen molar-refractivity contribution in [3.8, 4) is 0 Å². The topological polar surface area (TPSA) is 68.0 Å². The van der Waals surface area contributed by atoms with Crippen LogP contribution in [-0.4, -0.2) is 28.9 Å². The molecule has 0 fully saturated rings. The zero-order valence-corrected chi connectivity index (χ0v) is 11.9. The Morgan fingerprint density at radius 1 is 1.67 bits per heavy atom. The number of rotatable bonds is 4. The summed E-state index contributed by atoms with van der Waals surface area (Å²) in [5.41, 5.74) is 6.51. The molecule has 0 aliphatic rings. The largest absolute Gasteiger partial charge is 0.397 e. The molecular weight excluding hydrogens is 266 g/mol. The first-order valence-corrected chi connectivity index (χ1v) is 7.68. The third-order valence-corrected chi connectivity index (χ3v) is 4.76. The number of anilines is 1. The molecule has 2 heterocycles. The second-order valence-electron chi connectivity index (χ2n) is 3.96. The number of nitrogens with two attached hydrogens (primary N) is 1. The van der Waals surface area contributed by atoms with Crippen LogP contribution >= 0.6 is 23.1 Å². The minimum atomic E-state index is -0.114. The summed E-state index contributed by atoms with van der Waals surface area (Å²) in [4.78, 5) is 17.6. The summed E-state index contributed by atoms with van der Waals surface area (Å²) in [7, 11) is 0. The highest BCUT2D eigenvalue weighted by atomic mass is 32.2. The number of pyridine rings is 1. The molecule has 0 aromatic carbocycles. The van der Waals surface area contributed by atoms with Gasteiger partial charge in [-0.3, -0.25) is 4.79 Å². The maximum absolute atomic E-state index is 12.0. The van der Waals surface area contributed by atoms with Crippen LogP contribution in [0.25, 0.3) is 10.2 Å². The summed E-state index contributed by atoms with van der Waals surface area (Å²) in [6, 6.07) is 3.71. The van der Waals surface area contributed by atoms with Crippen molar-refractivity contribution in [3.05, 3.63) is 23.2 Å². The van der Waals surface area contributed by atoms with E-state index in [4.69, 9.17) is 5.73 Å². The maximum atomic E-state index is 12.0. The van der Waals surface area contributed by atoms with Gasteiger partial charge in [-0.1, -0.05) is 6.92 Å². The summed E-state index contributed by atoms with van der Waals surface area (Å²) < 4.78 is 0. The number of amides is 1. The van der Waals surface area contributed by atoms with Crippen LogP contribution in [0.5, 0.6) is 0 Å². The van der Waals surface area contributed by atoms with E-state index in [9.17, 15) is 4.79 Å². The molecular formula is C12H15N3OS2. The Morgan fingerprint density at radius 3 is 3.11 bits per heavy atom. The molecule has 0 bridgehead atoms. The van der Waals surface area contributed by atoms with E-state index in [1.165, 1.54) is 11.3 Å². The summed E-state index contributed by atoms with van der Waals surface area (Å²) in [5, 5.41) is 4.14. The number of aromatic nitrogens is 1. The van der Waals surface area contributed by atoms with Crippen molar-refractivity contribution in [2.24, 2.45) is 0 Å². The Balaban J connectivity index is 2.20. The molecule has 0 saturated carbocycles. The van der Waals surface area contributed by atoms with Crippen LogP contribution < -0.4 is 11.1 Å². The Bertz CT molecular complexity index is 567. The van der Waals surface area contributed by atoms with E-state index in [2.05, 4.69) is 17.2 Å². The van der Waals surface area contributed by atoms with E-state index in [0.717, 1.165) is 10.2 Å². The Hall–Kier alpha value is -1.27. The standard InChI is InChI=1S/C12H15N3OS2/c1-7(17-2)6-15-11(16)10-9(13)8-4-3-5-14-12(8)18-10/h3-5,7H,6,13H2,1-2H3,(H,15,16). The molecule has 1 unspecified atom stereocenters. The first-order chi connectivity index (χ1) is 8.63. The van der Waals surface area contributed by atoms with Crippen LogP contribution in [0.2, 0.25) is 0 Å². The van der Waals surface area contributed by atoms with Crippen molar-refractivity contribution >= 4 is 44.9 Å². The van der Waals surface area contributed by atoms with Gasteiger partial charge in [-0.2, -0.15) is 11.8 Å². The zero-order valence-electron chi connectivity index (χ0n) is 10.3. The molecule has 0 aliphatic carbocycles. The lowest BCUT2D eigenvalue weighted by Gasteiger charge is -2.09. The Labute approximate surface area is 114 Å². The number of fused-ring (bicyclic) bond motifs is 1. The van der Waals surface area contributed by atoms with Crippen LogP contribution in [0.1, 0.15) is 16.6 Å². The van der Waals surface area contributed by atoms with Crippen LogP contribution in [-0.2, 0) is 0 Å². The van der Waals surface area contributed by atoms with Gasteiger partial charge in [-0.05, 0) is 18.4 Å². The molecule has 0 aliphatic heterocycles. The number of thiophene rings is 1. The molecule has 6 heteroatoms. The van der Waals surface area contributed by atoms with Crippen molar-refractivity contribution in [2.75, 3.05) is 18.5 Å². The van der Waals surface area contributed by atoms with Crippen LogP contribution in [0.15, 0.2) is 18.3 Å². The zero-order chi connectivity index (χ0) is 13.1. The fourth-order valence-corrected chi connectivity index (χ4v) is 2.75. The van der Waals surface area contributed by atoms with Gasteiger partial charge in [0.05, 0.1) is 5.69 Å². The maximum Gasteiger partial charge on any atom is 0.263 e. The minimum Gasteiger partial charge on any atom is -0.397 e. The molecule has 2 aromatic rings. The van der Waals surface area contributed by atoms with Gasteiger partial charge >= 0.3 is 0 Å². The average molecular weight is 281 g/mol. The van der Waals surface area contributed by atoms with Crippen molar-refractivity contribution in [1.82, 2.24) is 10.3 Å². The summed E-state index contributed by atoms with van der Waals surface area (Å²) in [6.07, 6.45) is 3.73. The third kappa shape index (κ3) is 2.59. The summed E-state index contributed by atoms with van der Waals surface area (Å²) in [6.45, 7) is 2.71. The van der Waals surface area contributed by atoms with E-state index in [-0.39, 0.29) is 5.91 Å². The number of thioether (sulfide) groups is 1. The second-order valence-corrected chi connectivity index (χ2v) is 6.23. The summed E-state index contributed by atoms with van der Waals surface area (Å²) >= 11 is 3.05. The lowest BCUT2D eigenvalue weighted by Crippen LogP contribution is -2.29. The number of hydrogen-bond donors (Lipinski definition) is 2. The fourth-order valence-electron chi connectivity index (χ4n) is 1.52. The molecule has 18 heavy (non-hydrogen) atoms. The molecule has 96 valence electrons. The Morgan fingerprint density at radius 2 is 2.44 bits per heavy atom. The van der Waals surface area contributed by atoms with Crippen molar-refractivity contribution in [2.45, 2.75) is 12.2 Å². The van der Waals surface area contributed by atoms with Gasteiger partial charge in [0.1, 0.15) is 9.71 Å². The first kappa shape index (κ1) is 13.2. The molecule has 4 nitrogen and oxygen atoms in total. The predicted octanol–water partition coefficient (Wildman–Crippen LogP) is 2.36. The van der Waals surface area contributed by atoms with Gasteiger partial charge in [0.2, 0.25) is 0 Å². The molecule has 0 spiro atoms. The van der Waals surface area contributed by atoms with Crippen molar-refractivity contribution in [1.29, 1.82) is 0 Å². The lowest BCUT2D eigenvalue weighted by atomic mass is 10.2. The number of carbonyl (C=O) groups excluding carboxylic acids is 1. The van der Waals surface area contributed by atoms with Crippen LogP contribution in [0, 0.1) is 0 Å². The predicted molar refractivity (Wildman–Crippen MR) is 79.3 cm³/mol. The monoisotopic (exact) mass is 281 g/mol. The van der Waals surface area contributed by atoms with E-state index in [1.807, 2.05) is 18.4 Å². The summed E-state index contributed by atoms with van der Waals surface area (Å²) in [5.74, 6) is -0.114.